The van der Waals surface area contributed by atoms with E-state index in [1.807, 2.05) is 0 Å². The monoisotopic (exact) mass is 205 g/mol. The van der Waals surface area contributed by atoms with E-state index in [1.54, 1.807) is 0 Å². The highest BCUT2D eigenvalue weighted by Gasteiger charge is 2.12. The van der Waals surface area contributed by atoms with Crippen LogP contribution in [0.3, 0.4) is 0 Å². The van der Waals surface area contributed by atoms with Crippen molar-refractivity contribution < 1.29 is 24.9 Å². The van der Waals surface area contributed by atoms with Gasteiger partial charge < -0.3 is 15.3 Å². The zero-order valence-corrected chi connectivity index (χ0v) is 7.85. The number of carboxylic acids is 1. The molecule has 0 bridgehead atoms. The average Bonchev–Trinajstić information content (AvgIpc) is 2.03. The first-order valence-corrected chi connectivity index (χ1v) is 4.27. The van der Waals surface area contributed by atoms with Crippen LogP contribution in [0.5, 0.6) is 0 Å². The molecular formula is C8H15NO5. The van der Waals surface area contributed by atoms with Gasteiger partial charge in [0.2, 0.25) is 0 Å². The Morgan fingerprint density at radius 2 is 1.57 bits per heavy atom. The Morgan fingerprint density at radius 1 is 1.07 bits per heavy atom. The number of rotatable bonds is 8. The molecule has 0 aliphatic carbocycles. The maximum atomic E-state index is 11.0. The van der Waals surface area contributed by atoms with Crippen molar-refractivity contribution in [2.75, 3.05) is 32.8 Å². The van der Waals surface area contributed by atoms with Crippen LogP contribution in [-0.2, 0) is 9.59 Å². The molecule has 0 aromatic heterocycles. The summed E-state index contributed by atoms with van der Waals surface area (Å²) in [5, 5.41) is 25.5. The molecule has 14 heavy (non-hydrogen) atoms. The summed E-state index contributed by atoms with van der Waals surface area (Å²) < 4.78 is 0. The summed E-state index contributed by atoms with van der Waals surface area (Å²) in [6, 6.07) is 0. The van der Waals surface area contributed by atoms with Crippen LogP contribution in [0, 0.1) is 0 Å². The predicted molar refractivity (Wildman–Crippen MR) is 47.9 cm³/mol. The minimum atomic E-state index is -1.16. The van der Waals surface area contributed by atoms with Crippen molar-refractivity contribution in [2.45, 2.75) is 6.42 Å². The molecule has 0 saturated carbocycles. The van der Waals surface area contributed by atoms with Crippen LogP contribution in [0.4, 0.5) is 0 Å². The molecule has 0 rings (SSSR count). The van der Waals surface area contributed by atoms with Crippen LogP contribution in [0.15, 0.2) is 0 Å². The summed E-state index contributed by atoms with van der Waals surface area (Å²) >= 11 is 0. The standard InChI is InChI=1S/C8H15NO5/c10-3-1-9(2-4-11)6-7(12)5-8(13)14/h10-11H,1-6H2,(H,13,14). The van der Waals surface area contributed by atoms with Gasteiger partial charge in [0.05, 0.1) is 19.8 Å². The first-order valence-electron chi connectivity index (χ1n) is 4.27. The average molecular weight is 205 g/mol. The first kappa shape index (κ1) is 13.0. The quantitative estimate of drug-likeness (QED) is 0.409. The number of hydrogen-bond donors (Lipinski definition) is 3. The molecule has 0 aliphatic heterocycles. The van der Waals surface area contributed by atoms with Crippen molar-refractivity contribution in [3.05, 3.63) is 0 Å². The van der Waals surface area contributed by atoms with Crippen molar-refractivity contribution in [2.24, 2.45) is 0 Å². The van der Waals surface area contributed by atoms with Crippen LogP contribution >= 0.6 is 0 Å². The molecule has 0 atom stereocenters. The lowest BCUT2D eigenvalue weighted by molar-refractivity contribution is -0.140. The number of Topliss-reactive ketones (excluding diaryl/α,β-unsaturated/α-hetero) is 1. The summed E-state index contributed by atoms with van der Waals surface area (Å²) in [6.07, 6.45) is -0.520. The second-order valence-electron chi connectivity index (χ2n) is 2.83. The lowest BCUT2D eigenvalue weighted by Crippen LogP contribution is -2.35. The van der Waals surface area contributed by atoms with E-state index in [2.05, 4.69) is 0 Å². The molecule has 3 N–H and O–H groups in total. The van der Waals surface area contributed by atoms with Crippen LogP contribution in [0.25, 0.3) is 0 Å². The number of ketones is 1. The van der Waals surface area contributed by atoms with Crippen molar-refractivity contribution >= 4 is 11.8 Å². The normalized spacial score (nSPS) is 10.5. The van der Waals surface area contributed by atoms with Gasteiger partial charge in [0, 0.05) is 13.1 Å². The van der Waals surface area contributed by atoms with Crippen LogP contribution in [0.2, 0.25) is 0 Å². The third-order valence-corrected chi connectivity index (χ3v) is 1.58. The minimum Gasteiger partial charge on any atom is -0.481 e. The second kappa shape index (κ2) is 7.43. The third kappa shape index (κ3) is 6.53. The van der Waals surface area contributed by atoms with Gasteiger partial charge in [0.1, 0.15) is 6.42 Å². The van der Waals surface area contributed by atoms with Gasteiger partial charge in [-0.2, -0.15) is 0 Å². The Morgan fingerprint density at radius 3 is 1.93 bits per heavy atom. The van der Waals surface area contributed by atoms with Gasteiger partial charge in [0.25, 0.3) is 0 Å². The van der Waals surface area contributed by atoms with Crippen LogP contribution < -0.4 is 0 Å². The van der Waals surface area contributed by atoms with Gasteiger partial charge in [-0.1, -0.05) is 0 Å². The highest BCUT2D eigenvalue weighted by molar-refractivity contribution is 5.95. The van der Waals surface area contributed by atoms with Crippen molar-refractivity contribution in [1.29, 1.82) is 0 Å². The maximum absolute atomic E-state index is 11.0. The molecule has 6 nitrogen and oxygen atoms in total. The van der Waals surface area contributed by atoms with Gasteiger partial charge in [-0.3, -0.25) is 14.5 Å². The molecule has 0 heterocycles. The number of aliphatic hydroxyl groups is 2. The fourth-order valence-electron chi connectivity index (χ4n) is 1.03. The Labute approximate surface area is 81.8 Å². The van der Waals surface area contributed by atoms with Crippen LogP contribution in [0.1, 0.15) is 6.42 Å². The third-order valence-electron chi connectivity index (χ3n) is 1.58. The Balaban J connectivity index is 3.88. The maximum Gasteiger partial charge on any atom is 0.310 e. The molecule has 0 unspecified atom stereocenters. The van der Waals surface area contributed by atoms with Gasteiger partial charge in [0.15, 0.2) is 5.78 Å². The number of carbonyl (C=O) groups is 2. The van der Waals surface area contributed by atoms with Gasteiger partial charge in [-0.25, -0.2) is 0 Å². The first-order chi connectivity index (χ1) is 6.60. The summed E-state index contributed by atoms with van der Waals surface area (Å²) in [5.74, 6) is -1.60. The van der Waals surface area contributed by atoms with Gasteiger partial charge in [-0.15, -0.1) is 0 Å². The number of aliphatic carboxylic acids is 1. The smallest absolute Gasteiger partial charge is 0.310 e. The molecule has 0 saturated heterocycles. The lowest BCUT2D eigenvalue weighted by atomic mass is 10.2. The fourth-order valence-corrected chi connectivity index (χ4v) is 1.03. The van der Waals surface area contributed by atoms with E-state index in [1.165, 1.54) is 4.90 Å². The summed E-state index contributed by atoms with van der Waals surface area (Å²) in [5.41, 5.74) is 0. The van der Waals surface area contributed by atoms with E-state index in [0.29, 0.717) is 0 Å². The summed E-state index contributed by atoms with van der Waals surface area (Å²) in [7, 11) is 0. The molecule has 0 amide bonds. The predicted octanol–water partition coefficient (Wildman–Crippen LogP) is -1.68. The molecule has 6 heteroatoms. The fraction of sp³-hybridized carbons (Fsp3) is 0.750. The van der Waals surface area contributed by atoms with Crippen molar-refractivity contribution in [3.8, 4) is 0 Å². The summed E-state index contributed by atoms with van der Waals surface area (Å²) in [4.78, 5) is 22.7. The number of carboxylic acid groups (broad SMARTS) is 1. The van der Waals surface area contributed by atoms with E-state index in [9.17, 15) is 9.59 Å². The minimum absolute atomic E-state index is 0.0482. The lowest BCUT2D eigenvalue weighted by Gasteiger charge is -2.18. The zero-order valence-electron chi connectivity index (χ0n) is 7.85. The Kier molecular flexibility index (Phi) is 6.91. The number of aliphatic hydroxyl groups excluding tert-OH is 2. The molecule has 82 valence electrons. The van der Waals surface area contributed by atoms with Gasteiger partial charge >= 0.3 is 5.97 Å². The van der Waals surface area contributed by atoms with E-state index >= 15 is 0 Å². The van der Waals surface area contributed by atoms with E-state index < -0.39 is 18.2 Å². The molecule has 0 spiro atoms. The molecular weight excluding hydrogens is 190 g/mol. The summed E-state index contributed by atoms with van der Waals surface area (Å²) in [6.45, 7) is 0.214. The number of hydrogen-bond acceptors (Lipinski definition) is 5. The molecule has 0 aromatic rings. The van der Waals surface area contributed by atoms with Crippen molar-refractivity contribution in [1.82, 2.24) is 4.90 Å². The second-order valence-corrected chi connectivity index (χ2v) is 2.83. The largest absolute Gasteiger partial charge is 0.481 e. The zero-order chi connectivity index (χ0) is 11.0. The Bertz CT molecular complexity index is 188. The van der Waals surface area contributed by atoms with Gasteiger partial charge in [-0.05, 0) is 0 Å². The number of nitrogens with zero attached hydrogens (tertiary/aromatic N) is 1. The molecule has 0 aromatic carbocycles. The molecule has 0 radical (unpaired) electrons. The van der Waals surface area contributed by atoms with E-state index in [-0.39, 0.29) is 32.8 Å². The Hall–Kier alpha value is -0.980. The topological polar surface area (TPSA) is 98.1 Å². The van der Waals surface area contributed by atoms with Crippen LogP contribution in [-0.4, -0.2) is 64.8 Å². The number of carbonyl (C=O) groups excluding carboxylic acids is 1. The van der Waals surface area contributed by atoms with E-state index in [0.717, 1.165) is 0 Å². The molecule has 0 aliphatic rings. The van der Waals surface area contributed by atoms with Crippen molar-refractivity contribution in [3.63, 3.8) is 0 Å². The van der Waals surface area contributed by atoms with E-state index in [4.69, 9.17) is 15.3 Å². The highest BCUT2D eigenvalue weighted by Crippen LogP contribution is 1.91. The molecule has 0 fully saturated rings. The SMILES string of the molecule is O=C(O)CC(=O)CN(CCO)CCO. The highest BCUT2D eigenvalue weighted by atomic mass is 16.4.